The minimum absolute atomic E-state index is 0.131. The topological polar surface area (TPSA) is 71.5 Å². The number of hydrogen-bond acceptors (Lipinski definition) is 4. The number of ether oxygens (including phenoxy) is 1. The largest absolute Gasteiger partial charge is 0.477 e. The van der Waals surface area contributed by atoms with E-state index in [0.717, 1.165) is 25.7 Å². The van der Waals surface area contributed by atoms with Crippen molar-refractivity contribution >= 4 is 5.91 Å². The number of aliphatic hydroxyl groups excluding tert-OH is 1. The van der Waals surface area contributed by atoms with Gasteiger partial charge in [0, 0.05) is 18.8 Å². The maximum atomic E-state index is 12.3. The van der Waals surface area contributed by atoms with Gasteiger partial charge in [-0.05, 0) is 50.7 Å². The lowest BCUT2D eigenvalue weighted by molar-refractivity contribution is 0.0909. The summed E-state index contributed by atoms with van der Waals surface area (Å²) in [7, 11) is 0. The summed E-state index contributed by atoms with van der Waals surface area (Å²) in [6.07, 6.45) is 5.39. The van der Waals surface area contributed by atoms with Crippen molar-refractivity contribution in [1.29, 1.82) is 0 Å². The zero-order valence-electron chi connectivity index (χ0n) is 11.8. The van der Waals surface area contributed by atoms with Crippen LogP contribution in [-0.4, -0.2) is 35.3 Å². The molecular formula is C15H22N2O3. The second-order valence-electron chi connectivity index (χ2n) is 5.16. The van der Waals surface area contributed by atoms with E-state index in [1.54, 1.807) is 18.3 Å². The van der Waals surface area contributed by atoms with E-state index in [0.29, 0.717) is 24.0 Å². The van der Waals surface area contributed by atoms with Gasteiger partial charge in [-0.1, -0.05) is 0 Å². The van der Waals surface area contributed by atoms with Gasteiger partial charge in [0.25, 0.3) is 5.91 Å². The Hall–Kier alpha value is -1.62. The zero-order valence-corrected chi connectivity index (χ0v) is 11.8. The van der Waals surface area contributed by atoms with Crippen molar-refractivity contribution in [3.63, 3.8) is 0 Å². The van der Waals surface area contributed by atoms with Crippen LogP contribution in [0.4, 0.5) is 0 Å². The molecule has 0 bridgehead atoms. The van der Waals surface area contributed by atoms with E-state index in [1.807, 2.05) is 6.92 Å². The molecule has 20 heavy (non-hydrogen) atoms. The number of nitrogens with one attached hydrogen (secondary N) is 1. The van der Waals surface area contributed by atoms with E-state index < -0.39 is 0 Å². The van der Waals surface area contributed by atoms with Gasteiger partial charge in [0.15, 0.2) is 0 Å². The molecule has 0 unspecified atom stereocenters. The van der Waals surface area contributed by atoms with Crippen LogP contribution in [0.5, 0.6) is 5.88 Å². The zero-order chi connectivity index (χ0) is 14.4. The number of hydrogen-bond donors (Lipinski definition) is 2. The fraction of sp³-hybridized carbons (Fsp3) is 0.600. The molecule has 2 rings (SSSR count). The molecule has 0 radical (unpaired) electrons. The van der Waals surface area contributed by atoms with E-state index in [-0.39, 0.29) is 18.6 Å². The van der Waals surface area contributed by atoms with Gasteiger partial charge < -0.3 is 15.2 Å². The normalized spacial score (nSPS) is 22.3. The summed E-state index contributed by atoms with van der Waals surface area (Å²) in [6, 6.07) is 3.65. The molecule has 5 heteroatoms. The molecule has 110 valence electrons. The Labute approximate surface area is 119 Å². The quantitative estimate of drug-likeness (QED) is 0.861. The first-order valence-electron chi connectivity index (χ1n) is 7.24. The van der Waals surface area contributed by atoms with Crippen LogP contribution in [0.2, 0.25) is 0 Å². The molecule has 1 saturated carbocycles. The third-order valence-electron chi connectivity index (χ3n) is 3.74. The summed E-state index contributed by atoms with van der Waals surface area (Å²) in [5.41, 5.74) is 0.485. The Kier molecular flexibility index (Phi) is 5.35. The van der Waals surface area contributed by atoms with Crippen molar-refractivity contribution in [3.05, 3.63) is 23.9 Å². The first kappa shape index (κ1) is 14.8. The molecule has 1 amide bonds. The Balaban J connectivity index is 1.95. The van der Waals surface area contributed by atoms with E-state index >= 15 is 0 Å². The van der Waals surface area contributed by atoms with Crippen LogP contribution in [0, 0.1) is 5.92 Å². The van der Waals surface area contributed by atoms with Gasteiger partial charge >= 0.3 is 0 Å². The lowest BCUT2D eigenvalue weighted by Gasteiger charge is -2.28. The number of carbonyl (C=O) groups is 1. The van der Waals surface area contributed by atoms with Crippen LogP contribution in [0.3, 0.4) is 0 Å². The van der Waals surface area contributed by atoms with Gasteiger partial charge in [-0.2, -0.15) is 0 Å². The third-order valence-corrected chi connectivity index (χ3v) is 3.74. The number of carbonyl (C=O) groups excluding carboxylic acids is 1. The highest BCUT2D eigenvalue weighted by atomic mass is 16.5. The molecule has 0 aliphatic heterocycles. The molecule has 0 atom stereocenters. The lowest BCUT2D eigenvalue weighted by Crippen LogP contribution is -2.38. The van der Waals surface area contributed by atoms with Gasteiger partial charge in [0.1, 0.15) is 5.56 Å². The third kappa shape index (κ3) is 3.70. The fourth-order valence-corrected chi connectivity index (χ4v) is 2.57. The molecular weight excluding hydrogens is 256 g/mol. The summed E-state index contributed by atoms with van der Waals surface area (Å²) in [5.74, 6) is 0.645. The van der Waals surface area contributed by atoms with Gasteiger partial charge in [-0.15, -0.1) is 0 Å². The van der Waals surface area contributed by atoms with Crippen molar-refractivity contribution in [2.75, 3.05) is 13.2 Å². The standard InChI is InChI=1S/C15H22N2O3/c1-2-20-15-13(4-3-9-16-15)14(19)17-12-7-5-11(10-18)6-8-12/h3-4,9,11-12,18H,2,5-8,10H2,1H3,(H,17,19). The van der Waals surface area contributed by atoms with E-state index in [9.17, 15) is 4.79 Å². The van der Waals surface area contributed by atoms with E-state index in [2.05, 4.69) is 10.3 Å². The number of nitrogens with zero attached hydrogens (tertiary/aromatic N) is 1. The van der Waals surface area contributed by atoms with Crippen molar-refractivity contribution < 1.29 is 14.6 Å². The highest BCUT2D eigenvalue weighted by Crippen LogP contribution is 2.24. The predicted molar refractivity (Wildman–Crippen MR) is 75.7 cm³/mol. The molecule has 1 aromatic rings. The molecule has 1 aliphatic rings. The Morgan fingerprint density at radius 1 is 1.45 bits per heavy atom. The average molecular weight is 278 g/mol. The van der Waals surface area contributed by atoms with Crippen LogP contribution >= 0.6 is 0 Å². The maximum Gasteiger partial charge on any atom is 0.256 e. The van der Waals surface area contributed by atoms with Crippen LogP contribution in [0.25, 0.3) is 0 Å². The summed E-state index contributed by atoms with van der Waals surface area (Å²) in [6.45, 7) is 2.60. The minimum Gasteiger partial charge on any atom is -0.477 e. The fourth-order valence-electron chi connectivity index (χ4n) is 2.57. The Morgan fingerprint density at radius 2 is 2.20 bits per heavy atom. The molecule has 2 N–H and O–H groups in total. The van der Waals surface area contributed by atoms with E-state index in [1.165, 1.54) is 0 Å². The van der Waals surface area contributed by atoms with Crippen molar-refractivity contribution in [2.45, 2.75) is 38.6 Å². The molecule has 1 fully saturated rings. The second kappa shape index (κ2) is 7.24. The van der Waals surface area contributed by atoms with Crippen molar-refractivity contribution in [1.82, 2.24) is 10.3 Å². The van der Waals surface area contributed by atoms with Crippen molar-refractivity contribution in [3.8, 4) is 5.88 Å². The first-order chi connectivity index (χ1) is 9.74. The van der Waals surface area contributed by atoms with Crippen LogP contribution in [0.1, 0.15) is 43.0 Å². The molecule has 1 heterocycles. The molecule has 0 spiro atoms. The number of aromatic nitrogens is 1. The first-order valence-corrected chi connectivity index (χ1v) is 7.24. The maximum absolute atomic E-state index is 12.3. The smallest absolute Gasteiger partial charge is 0.256 e. The van der Waals surface area contributed by atoms with Gasteiger partial charge in [-0.3, -0.25) is 4.79 Å². The van der Waals surface area contributed by atoms with Gasteiger partial charge in [-0.25, -0.2) is 4.98 Å². The van der Waals surface area contributed by atoms with Crippen LogP contribution in [0.15, 0.2) is 18.3 Å². The Morgan fingerprint density at radius 3 is 2.85 bits per heavy atom. The SMILES string of the molecule is CCOc1ncccc1C(=O)NC1CCC(CO)CC1. The number of pyridine rings is 1. The minimum atomic E-state index is -0.131. The molecule has 1 aromatic heterocycles. The number of aliphatic hydroxyl groups is 1. The second-order valence-corrected chi connectivity index (χ2v) is 5.16. The van der Waals surface area contributed by atoms with Gasteiger partial charge in [0.2, 0.25) is 5.88 Å². The average Bonchev–Trinajstić information content (AvgIpc) is 2.49. The lowest BCUT2D eigenvalue weighted by atomic mass is 9.86. The van der Waals surface area contributed by atoms with Gasteiger partial charge in [0.05, 0.1) is 6.61 Å². The summed E-state index contributed by atoms with van der Waals surface area (Å²) < 4.78 is 5.38. The van der Waals surface area contributed by atoms with Crippen LogP contribution in [-0.2, 0) is 0 Å². The summed E-state index contributed by atoms with van der Waals surface area (Å²) in [4.78, 5) is 16.4. The molecule has 5 nitrogen and oxygen atoms in total. The monoisotopic (exact) mass is 278 g/mol. The summed E-state index contributed by atoms with van der Waals surface area (Å²) in [5, 5.41) is 12.2. The van der Waals surface area contributed by atoms with E-state index in [4.69, 9.17) is 9.84 Å². The molecule has 0 aromatic carbocycles. The summed E-state index contributed by atoms with van der Waals surface area (Å²) >= 11 is 0. The van der Waals surface area contributed by atoms with Crippen LogP contribution < -0.4 is 10.1 Å². The molecule has 1 aliphatic carbocycles. The number of rotatable bonds is 5. The predicted octanol–water partition coefficient (Wildman–Crippen LogP) is 1.76. The van der Waals surface area contributed by atoms with Crippen molar-refractivity contribution in [2.24, 2.45) is 5.92 Å². The number of amides is 1. The Bertz CT molecular complexity index is 442. The highest BCUT2D eigenvalue weighted by molar-refractivity contribution is 5.96. The highest BCUT2D eigenvalue weighted by Gasteiger charge is 2.23. The molecule has 0 saturated heterocycles.